The predicted octanol–water partition coefficient (Wildman–Crippen LogP) is 2.89. The van der Waals surface area contributed by atoms with Crippen molar-refractivity contribution in [3.63, 3.8) is 0 Å². The van der Waals surface area contributed by atoms with Crippen LogP contribution in [-0.4, -0.2) is 37.1 Å². The first-order valence-electron chi connectivity index (χ1n) is 7.75. The van der Waals surface area contributed by atoms with Gasteiger partial charge in [0, 0.05) is 12.6 Å². The van der Waals surface area contributed by atoms with Crippen molar-refractivity contribution in [3.05, 3.63) is 0 Å². The summed E-state index contributed by atoms with van der Waals surface area (Å²) in [5.74, 6) is 1.82. The summed E-state index contributed by atoms with van der Waals surface area (Å²) in [6.07, 6.45) is 8.48. The van der Waals surface area contributed by atoms with Crippen LogP contribution in [0.25, 0.3) is 0 Å². The van der Waals surface area contributed by atoms with Crippen molar-refractivity contribution in [2.24, 2.45) is 11.8 Å². The van der Waals surface area contributed by atoms with Gasteiger partial charge in [-0.1, -0.05) is 20.3 Å². The number of hydrogen-bond donors (Lipinski definition) is 1. The van der Waals surface area contributed by atoms with Gasteiger partial charge in [-0.15, -0.1) is 0 Å². The second kappa shape index (κ2) is 6.75. The minimum Gasteiger partial charge on any atom is -0.313 e. The summed E-state index contributed by atoms with van der Waals surface area (Å²) in [4.78, 5) is 2.64. The third kappa shape index (κ3) is 4.59. The Balaban J connectivity index is 1.61. The van der Waals surface area contributed by atoms with Crippen LogP contribution in [0.3, 0.4) is 0 Å². The first kappa shape index (κ1) is 13.4. The van der Waals surface area contributed by atoms with E-state index in [9.17, 15) is 0 Å². The molecular weight excluding hydrogens is 208 g/mol. The van der Waals surface area contributed by atoms with E-state index in [2.05, 4.69) is 24.1 Å². The molecule has 2 rings (SSSR count). The number of nitrogens with one attached hydrogen (secondary N) is 1. The van der Waals surface area contributed by atoms with E-state index in [1.807, 2.05) is 0 Å². The molecule has 2 atom stereocenters. The fourth-order valence-electron chi connectivity index (χ4n) is 3.14. The minimum absolute atomic E-state index is 0.811. The summed E-state index contributed by atoms with van der Waals surface area (Å²) >= 11 is 0. The number of rotatable bonds is 8. The Morgan fingerprint density at radius 2 is 1.94 bits per heavy atom. The average molecular weight is 238 g/mol. The quantitative estimate of drug-likeness (QED) is 0.699. The smallest absolute Gasteiger partial charge is 0.00953 e. The van der Waals surface area contributed by atoms with Gasteiger partial charge in [0.2, 0.25) is 0 Å². The van der Waals surface area contributed by atoms with Crippen molar-refractivity contribution < 1.29 is 0 Å². The Kier molecular flexibility index (Phi) is 5.30. The zero-order valence-electron chi connectivity index (χ0n) is 11.8. The minimum atomic E-state index is 0.811. The van der Waals surface area contributed by atoms with Gasteiger partial charge in [0.05, 0.1) is 0 Å². The molecule has 1 N–H and O–H groups in total. The third-order valence-corrected chi connectivity index (χ3v) is 4.29. The van der Waals surface area contributed by atoms with Gasteiger partial charge in [-0.3, -0.25) is 0 Å². The maximum absolute atomic E-state index is 3.83. The normalized spacial score (nSPS) is 25.1. The Hall–Kier alpha value is -0.0800. The average Bonchev–Trinajstić information content (AvgIpc) is 3.04. The van der Waals surface area contributed by atoms with Crippen molar-refractivity contribution in [1.29, 1.82) is 0 Å². The Morgan fingerprint density at radius 3 is 2.53 bits per heavy atom. The van der Waals surface area contributed by atoms with Gasteiger partial charge in [-0.2, -0.15) is 0 Å². The second-order valence-electron chi connectivity index (χ2n) is 6.25. The summed E-state index contributed by atoms with van der Waals surface area (Å²) in [6.45, 7) is 9.91. The Morgan fingerprint density at radius 1 is 1.24 bits per heavy atom. The van der Waals surface area contributed by atoms with Gasteiger partial charge >= 0.3 is 0 Å². The molecule has 0 aromatic rings. The maximum atomic E-state index is 3.83. The summed E-state index contributed by atoms with van der Waals surface area (Å²) in [5.41, 5.74) is 0. The summed E-state index contributed by atoms with van der Waals surface area (Å²) < 4.78 is 0. The SMILES string of the molecule is CCCC(NCC(C)CN1CCCC1)C1CC1. The number of likely N-dealkylation sites (tertiary alicyclic amines) is 1. The molecule has 0 spiro atoms. The molecule has 0 bridgehead atoms. The van der Waals surface area contributed by atoms with E-state index in [0.29, 0.717) is 0 Å². The molecule has 2 unspecified atom stereocenters. The topological polar surface area (TPSA) is 15.3 Å². The largest absolute Gasteiger partial charge is 0.313 e. The molecule has 1 heterocycles. The van der Waals surface area contributed by atoms with Crippen LogP contribution in [0.4, 0.5) is 0 Å². The Labute approximate surface area is 107 Å². The predicted molar refractivity (Wildman–Crippen MR) is 74.3 cm³/mol. The fourth-order valence-corrected chi connectivity index (χ4v) is 3.14. The van der Waals surface area contributed by atoms with Crippen LogP contribution in [0.15, 0.2) is 0 Å². The summed E-state index contributed by atoms with van der Waals surface area (Å²) in [7, 11) is 0. The molecule has 1 aliphatic heterocycles. The molecule has 1 saturated carbocycles. The monoisotopic (exact) mass is 238 g/mol. The maximum Gasteiger partial charge on any atom is 0.00953 e. The number of hydrogen-bond acceptors (Lipinski definition) is 2. The Bertz CT molecular complexity index is 207. The van der Waals surface area contributed by atoms with E-state index in [-0.39, 0.29) is 0 Å². The van der Waals surface area contributed by atoms with E-state index in [4.69, 9.17) is 0 Å². The molecule has 0 aromatic carbocycles. The van der Waals surface area contributed by atoms with Crippen molar-refractivity contribution in [2.45, 2.75) is 58.4 Å². The van der Waals surface area contributed by atoms with Gasteiger partial charge in [0.25, 0.3) is 0 Å². The second-order valence-corrected chi connectivity index (χ2v) is 6.25. The first-order chi connectivity index (χ1) is 8.29. The lowest BCUT2D eigenvalue weighted by Crippen LogP contribution is -2.37. The molecule has 0 aromatic heterocycles. The summed E-state index contributed by atoms with van der Waals surface area (Å²) in [6, 6.07) is 0.820. The fraction of sp³-hybridized carbons (Fsp3) is 1.00. The van der Waals surface area contributed by atoms with Gasteiger partial charge in [-0.05, 0) is 63.6 Å². The van der Waals surface area contributed by atoms with Crippen molar-refractivity contribution in [2.75, 3.05) is 26.2 Å². The molecule has 1 aliphatic carbocycles. The first-order valence-corrected chi connectivity index (χ1v) is 7.75. The van der Waals surface area contributed by atoms with E-state index >= 15 is 0 Å². The van der Waals surface area contributed by atoms with Crippen LogP contribution in [0, 0.1) is 11.8 Å². The highest BCUT2D eigenvalue weighted by molar-refractivity contribution is 4.86. The summed E-state index contributed by atoms with van der Waals surface area (Å²) in [5, 5.41) is 3.83. The van der Waals surface area contributed by atoms with Crippen LogP contribution in [-0.2, 0) is 0 Å². The zero-order valence-corrected chi connectivity index (χ0v) is 11.8. The highest BCUT2D eigenvalue weighted by Crippen LogP contribution is 2.34. The molecule has 0 amide bonds. The molecule has 2 nitrogen and oxygen atoms in total. The van der Waals surface area contributed by atoms with Crippen molar-refractivity contribution >= 4 is 0 Å². The van der Waals surface area contributed by atoms with Gasteiger partial charge in [0.15, 0.2) is 0 Å². The van der Waals surface area contributed by atoms with Crippen LogP contribution in [0.2, 0.25) is 0 Å². The lowest BCUT2D eigenvalue weighted by Gasteiger charge is -2.24. The van der Waals surface area contributed by atoms with Crippen LogP contribution < -0.4 is 5.32 Å². The lowest BCUT2D eigenvalue weighted by molar-refractivity contribution is 0.273. The molecule has 17 heavy (non-hydrogen) atoms. The molecular formula is C15H30N2. The van der Waals surface area contributed by atoms with Gasteiger partial charge < -0.3 is 10.2 Å². The highest BCUT2D eigenvalue weighted by atomic mass is 15.1. The van der Waals surface area contributed by atoms with E-state index < -0.39 is 0 Å². The van der Waals surface area contributed by atoms with Crippen LogP contribution in [0.1, 0.15) is 52.4 Å². The highest BCUT2D eigenvalue weighted by Gasteiger charge is 2.30. The van der Waals surface area contributed by atoms with Gasteiger partial charge in [0.1, 0.15) is 0 Å². The third-order valence-electron chi connectivity index (χ3n) is 4.29. The number of nitrogens with zero attached hydrogens (tertiary/aromatic N) is 1. The van der Waals surface area contributed by atoms with Crippen LogP contribution >= 0.6 is 0 Å². The van der Waals surface area contributed by atoms with Crippen molar-refractivity contribution in [3.8, 4) is 0 Å². The van der Waals surface area contributed by atoms with E-state index in [0.717, 1.165) is 17.9 Å². The lowest BCUT2D eigenvalue weighted by atomic mass is 10.1. The molecule has 2 fully saturated rings. The van der Waals surface area contributed by atoms with Gasteiger partial charge in [-0.25, -0.2) is 0 Å². The zero-order chi connectivity index (χ0) is 12.1. The molecule has 1 saturated heterocycles. The standard InChI is InChI=1S/C15H30N2/c1-3-6-15(14-7-8-14)16-11-13(2)12-17-9-4-5-10-17/h13-16H,3-12H2,1-2H3. The van der Waals surface area contributed by atoms with Crippen LogP contribution in [0.5, 0.6) is 0 Å². The molecule has 2 aliphatic rings. The van der Waals surface area contributed by atoms with Crippen molar-refractivity contribution in [1.82, 2.24) is 10.2 Å². The molecule has 2 heteroatoms. The van der Waals surface area contributed by atoms with E-state index in [1.165, 1.54) is 64.7 Å². The van der Waals surface area contributed by atoms with E-state index in [1.54, 1.807) is 0 Å². The molecule has 100 valence electrons. The molecule has 0 radical (unpaired) electrons.